The van der Waals surface area contributed by atoms with Crippen LogP contribution in [0.15, 0.2) is 27.4 Å². The number of phenolic OH excluding ortho intramolecular Hbond substituents is 2. The van der Waals surface area contributed by atoms with Crippen LogP contribution in [0.2, 0.25) is 0 Å². The minimum atomic E-state index is -2.87. The quantitative estimate of drug-likeness (QED) is 0.579. The molecule has 0 aliphatic rings. The van der Waals surface area contributed by atoms with Gasteiger partial charge < -0.3 is 14.6 Å². The van der Waals surface area contributed by atoms with Crippen molar-refractivity contribution in [1.82, 2.24) is 0 Å². The zero-order valence-corrected chi connectivity index (χ0v) is 7.78. The molecule has 0 spiro atoms. The predicted molar refractivity (Wildman–Crippen MR) is 50.8 cm³/mol. The molecule has 0 amide bonds. The summed E-state index contributed by atoms with van der Waals surface area (Å²) in [7, 11) is 0. The van der Waals surface area contributed by atoms with Crippen molar-refractivity contribution in [2.45, 2.75) is 6.43 Å². The molecule has 1 heterocycles. The number of phenols is 2. The van der Waals surface area contributed by atoms with E-state index < -0.39 is 29.1 Å². The van der Waals surface area contributed by atoms with E-state index in [2.05, 4.69) is 4.42 Å². The van der Waals surface area contributed by atoms with Crippen LogP contribution in [0.5, 0.6) is 11.5 Å². The minimum Gasteiger partial charge on any atom is -0.504 e. The first-order valence-corrected chi connectivity index (χ1v) is 4.27. The van der Waals surface area contributed by atoms with E-state index in [1.807, 2.05) is 0 Å². The third-order valence-corrected chi connectivity index (χ3v) is 2.11. The topological polar surface area (TPSA) is 70.7 Å². The van der Waals surface area contributed by atoms with Gasteiger partial charge in [-0.3, -0.25) is 0 Å². The summed E-state index contributed by atoms with van der Waals surface area (Å²) in [5.74, 6) is -1.09. The van der Waals surface area contributed by atoms with Gasteiger partial charge in [0.1, 0.15) is 5.58 Å². The SMILES string of the molecule is O=c1cc(C(F)F)c2cc(O)c(O)cc2o1. The highest BCUT2D eigenvalue weighted by atomic mass is 19.3. The average molecular weight is 228 g/mol. The van der Waals surface area contributed by atoms with Crippen molar-refractivity contribution >= 4 is 11.0 Å². The first-order chi connectivity index (χ1) is 7.49. The number of alkyl halides is 2. The maximum absolute atomic E-state index is 12.6. The fourth-order valence-electron chi connectivity index (χ4n) is 1.39. The van der Waals surface area contributed by atoms with E-state index in [9.17, 15) is 18.7 Å². The zero-order valence-electron chi connectivity index (χ0n) is 7.78. The Morgan fingerprint density at radius 2 is 1.75 bits per heavy atom. The molecule has 0 aliphatic heterocycles. The van der Waals surface area contributed by atoms with Gasteiger partial charge in [-0.25, -0.2) is 13.6 Å². The van der Waals surface area contributed by atoms with Crippen LogP contribution < -0.4 is 5.63 Å². The summed E-state index contributed by atoms with van der Waals surface area (Å²) in [5, 5.41) is 18.2. The highest BCUT2D eigenvalue weighted by Crippen LogP contribution is 2.34. The Morgan fingerprint density at radius 3 is 2.38 bits per heavy atom. The maximum Gasteiger partial charge on any atom is 0.336 e. The lowest BCUT2D eigenvalue weighted by Gasteiger charge is -2.05. The van der Waals surface area contributed by atoms with Gasteiger partial charge >= 0.3 is 5.63 Å². The molecule has 0 aliphatic carbocycles. The fraction of sp³-hybridized carbons (Fsp3) is 0.100. The summed E-state index contributed by atoms with van der Waals surface area (Å²) in [5.41, 5.74) is -1.67. The van der Waals surface area contributed by atoms with Gasteiger partial charge in [0.15, 0.2) is 11.5 Å². The molecule has 1 aromatic carbocycles. The monoisotopic (exact) mass is 228 g/mol. The van der Waals surface area contributed by atoms with Crippen LogP contribution in [-0.4, -0.2) is 10.2 Å². The van der Waals surface area contributed by atoms with Crippen molar-refractivity contribution in [2.24, 2.45) is 0 Å². The summed E-state index contributed by atoms with van der Waals surface area (Å²) < 4.78 is 29.8. The lowest BCUT2D eigenvalue weighted by atomic mass is 10.1. The number of benzene rings is 1. The van der Waals surface area contributed by atoms with Crippen molar-refractivity contribution in [1.29, 1.82) is 0 Å². The van der Waals surface area contributed by atoms with E-state index in [1.54, 1.807) is 0 Å². The molecule has 84 valence electrons. The summed E-state index contributed by atoms with van der Waals surface area (Å²) in [6, 6.07) is 2.50. The van der Waals surface area contributed by atoms with Gasteiger partial charge in [-0.1, -0.05) is 0 Å². The van der Waals surface area contributed by atoms with Crippen molar-refractivity contribution in [3.05, 3.63) is 34.2 Å². The second-order valence-electron chi connectivity index (χ2n) is 3.16. The molecule has 0 unspecified atom stereocenters. The van der Waals surface area contributed by atoms with Gasteiger partial charge in [-0.2, -0.15) is 0 Å². The largest absolute Gasteiger partial charge is 0.504 e. The standard InChI is InChI=1S/C10H6F2O4/c11-10(12)5-2-9(15)16-8-3-7(14)6(13)1-4(5)8/h1-3,10,13-14H. The first-order valence-electron chi connectivity index (χ1n) is 4.27. The first kappa shape index (κ1) is 10.4. The van der Waals surface area contributed by atoms with E-state index in [-0.39, 0.29) is 11.0 Å². The number of fused-ring (bicyclic) bond motifs is 1. The lowest BCUT2D eigenvalue weighted by Crippen LogP contribution is -2.00. The predicted octanol–water partition coefficient (Wildman–Crippen LogP) is 2.14. The normalized spacial score (nSPS) is 11.2. The third-order valence-electron chi connectivity index (χ3n) is 2.11. The molecule has 0 saturated heterocycles. The highest BCUT2D eigenvalue weighted by molar-refractivity contribution is 5.83. The zero-order chi connectivity index (χ0) is 11.9. The Kier molecular flexibility index (Phi) is 2.26. The number of hydrogen-bond acceptors (Lipinski definition) is 4. The summed E-state index contributed by atoms with van der Waals surface area (Å²) in [4.78, 5) is 11.0. The molecule has 1 aromatic heterocycles. The number of halogens is 2. The second kappa shape index (κ2) is 3.48. The summed E-state index contributed by atoms with van der Waals surface area (Å²) in [6.07, 6.45) is -2.87. The molecule has 2 aromatic rings. The van der Waals surface area contributed by atoms with Crippen LogP contribution >= 0.6 is 0 Å². The van der Waals surface area contributed by atoms with Gasteiger partial charge in [-0.15, -0.1) is 0 Å². The summed E-state index contributed by atoms with van der Waals surface area (Å²) >= 11 is 0. The van der Waals surface area contributed by atoms with Crippen molar-refractivity contribution in [3.8, 4) is 11.5 Å². The van der Waals surface area contributed by atoms with Crippen LogP contribution in [0, 0.1) is 0 Å². The van der Waals surface area contributed by atoms with Gasteiger partial charge in [0.05, 0.1) is 0 Å². The molecular weight excluding hydrogens is 222 g/mol. The molecular formula is C10H6F2O4. The van der Waals surface area contributed by atoms with E-state index >= 15 is 0 Å². The Labute approximate surface area is 87.4 Å². The van der Waals surface area contributed by atoms with E-state index in [4.69, 9.17) is 5.11 Å². The minimum absolute atomic E-state index is 0.107. The third kappa shape index (κ3) is 1.58. The molecule has 6 heteroatoms. The molecule has 2 rings (SSSR count). The van der Waals surface area contributed by atoms with Crippen LogP contribution in [0.25, 0.3) is 11.0 Å². The van der Waals surface area contributed by atoms with E-state index in [0.29, 0.717) is 6.07 Å². The van der Waals surface area contributed by atoms with E-state index in [0.717, 1.165) is 12.1 Å². The number of aromatic hydroxyl groups is 2. The molecule has 16 heavy (non-hydrogen) atoms. The Morgan fingerprint density at radius 1 is 1.12 bits per heavy atom. The molecule has 0 saturated carbocycles. The smallest absolute Gasteiger partial charge is 0.336 e. The number of hydrogen-bond donors (Lipinski definition) is 2. The van der Waals surface area contributed by atoms with Gasteiger partial charge in [-0.05, 0) is 6.07 Å². The van der Waals surface area contributed by atoms with Crippen molar-refractivity contribution in [3.63, 3.8) is 0 Å². The van der Waals surface area contributed by atoms with Crippen molar-refractivity contribution < 1.29 is 23.4 Å². The molecule has 0 bridgehead atoms. The Hall–Kier alpha value is -2.11. The molecule has 0 radical (unpaired) electrons. The van der Waals surface area contributed by atoms with E-state index in [1.165, 1.54) is 0 Å². The van der Waals surface area contributed by atoms with Crippen molar-refractivity contribution in [2.75, 3.05) is 0 Å². The van der Waals surface area contributed by atoms with Crippen LogP contribution in [0.4, 0.5) is 8.78 Å². The van der Waals surface area contributed by atoms with Gasteiger partial charge in [0.2, 0.25) is 0 Å². The molecule has 0 fully saturated rings. The molecule has 4 nitrogen and oxygen atoms in total. The Bertz CT molecular complexity index is 604. The second-order valence-corrected chi connectivity index (χ2v) is 3.16. The lowest BCUT2D eigenvalue weighted by molar-refractivity contribution is 0.152. The summed E-state index contributed by atoms with van der Waals surface area (Å²) in [6.45, 7) is 0. The maximum atomic E-state index is 12.6. The Balaban J connectivity index is 2.90. The molecule has 2 N–H and O–H groups in total. The van der Waals surface area contributed by atoms with Crippen LogP contribution in [0.1, 0.15) is 12.0 Å². The van der Waals surface area contributed by atoms with Crippen LogP contribution in [0.3, 0.4) is 0 Å². The van der Waals surface area contributed by atoms with Crippen LogP contribution in [-0.2, 0) is 0 Å². The molecule has 0 atom stereocenters. The number of rotatable bonds is 1. The average Bonchev–Trinajstić information content (AvgIpc) is 2.19. The fourth-order valence-corrected chi connectivity index (χ4v) is 1.39. The van der Waals surface area contributed by atoms with Gasteiger partial charge in [0.25, 0.3) is 6.43 Å². The highest BCUT2D eigenvalue weighted by Gasteiger charge is 2.16. The van der Waals surface area contributed by atoms with Gasteiger partial charge in [0, 0.05) is 23.1 Å².